The van der Waals surface area contributed by atoms with E-state index < -0.39 is 11.5 Å². The molecule has 4 heteroatoms. The average molecular weight is 287 g/mol. The lowest BCUT2D eigenvalue weighted by Gasteiger charge is -2.39. The minimum atomic E-state index is -1.13. The van der Waals surface area contributed by atoms with Crippen molar-refractivity contribution in [2.24, 2.45) is 5.92 Å². The van der Waals surface area contributed by atoms with E-state index >= 15 is 0 Å². The van der Waals surface area contributed by atoms with Crippen molar-refractivity contribution >= 4 is 18.0 Å². The molecule has 1 amide bonds. The number of carbonyl (C=O) groups is 2. The maximum absolute atomic E-state index is 12.1. The highest BCUT2D eigenvalue weighted by Gasteiger charge is 2.45. The Bertz CT molecular complexity index is 538. The van der Waals surface area contributed by atoms with Gasteiger partial charge in [0.2, 0.25) is 5.91 Å². The van der Waals surface area contributed by atoms with Gasteiger partial charge in [-0.25, -0.2) is 4.79 Å². The van der Waals surface area contributed by atoms with Crippen LogP contribution in [0.15, 0.2) is 36.4 Å². The van der Waals surface area contributed by atoms with Gasteiger partial charge in [-0.15, -0.1) is 0 Å². The van der Waals surface area contributed by atoms with E-state index in [0.29, 0.717) is 6.42 Å². The normalized spacial score (nSPS) is 25.7. The summed E-state index contributed by atoms with van der Waals surface area (Å²) in [6.45, 7) is 1.90. The van der Waals surface area contributed by atoms with Crippen LogP contribution in [0.25, 0.3) is 6.08 Å². The topological polar surface area (TPSA) is 66.4 Å². The molecule has 2 N–H and O–H groups in total. The second kappa shape index (κ2) is 6.57. The molecule has 1 aliphatic rings. The third kappa shape index (κ3) is 3.51. The van der Waals surface area contributed by atoms with Crippen LogP contribution in [0.5, 0.6) is 0 Å². The summed E-state index contributed by atoms with van der Waals surface area (Å²) < 4.78 is 0. The molecule has 1 fully saturated rings. The van der Waals surface area contributed by atoms with E-state index in [1.165, 1.54) is 6.08 Å². The van der Waals surface area contributed by atoms with Crippen LogP contribution in [0.1, 0.15) is 38.2 Å². The average Bonchev–Trinajstić information content (AvgIpc) is 2.48. The van der Waals surface area contributed by atoms with E-state index in [1.54, 1.807) is 6.08 Å². The monoisotopic (exact) mass is 287 g/mol. The maximum Gasteiger partial charge on any atom is 0.329 e. The molecule has 2 atom stereocenters. The third-order valence-corrected chi connectivity index (χ3v) is 4.25. The number of amides is 1. The van der Waals surface area contributed by atoms with Crippen LogP contribution in [0.2, 0.25) is 0 Å². The number of carbonyl (C=O) groups excluding carboxylic acids is 1. The largest absolute Gasteiger partial charge is 0.479 e. The summed E-state index contributed by atoms with van der Waals surface area (Å²) in [5.41, 5.74) is -0.218. The number of nitrogens with one attached hydrogen (secondary N) is 1. The van der Waals surface area contributed by atoms with Crippen LogP contribution in [-0.4, -0.2) is 22.5 Å². The lowest BCUT2D eigenvalue weighted by molar-refractivity contribution is -0.151. The first-order valence-electron chi connectivity index (χ1n) is 7.33. The van der Waals surface area contributed by atoms with Crippen LogP contribution < -0.4 is 5.32 Å². The van der Waals surface area contributed by atoms with E-state index in [-0.39, 0.29) is 11.8 Å². The Balaban J connectivity index is 2.09. The molecule has 2 rings (SSSR count). The highest BCUT2D eigenvalue weighted by atomic mass is 16.4. The zero-order valence-corrected chi connectivity index (χ0v) is 12.2. The van der Waals surface area contributed by atoms with Gasteiger partial charge in [0.1, 0.15) is 5.54 Å². The molecule has 1 saturated carbocycles. The molecular formula is C17H21NO3. The van der Waals surface area contributed by atoms with Crippen molar-refractivity contribution in [1.29, 1.82) is 0 Å². The number of rotatable bonds is 4. The quantitative estimate of drug-likeness (QED) is 0.837. The van der Waals surface area contributed by atoms with Gasteiger partial charge in [0.15, 0.2) is 0 Å². The molecule has 0 heterocycles. The number of aliphatic carboxylic acids is 1. The van der Waals surface area contributed by atoms with Gasteiger partial charge in [0, 0.05) is 6.08 Å². The Morgan fingerprint density at radius 1 is 1.29 bits per heavy atom. The molecule has 0 radical (unpaired) electrons. The van der Waals surface area contributed by atoms with Crippen LogP contribution in [0.4, 0.5) is 0 Å². The van der Waals surface area contributed by atoms with Crippen LogP contribution in [0.3, 0.4) is 0 Å². The van der Waals surface area contributed by atoms with Gasteiger partial charge in [0.05, 0.1) is 0 Å². The Kier molecular flexibility index (Phi) is 4.78. The summed E-state index contributed by atoms with van der Waals surface area (Å²) in [5.74, 6) is -1.34. The van der Waals surface area contributed by atoms with Crippen molar-refractivity contribution < 1.29 is 14.7 Å². The number of hydrogen-bond acceptors (Lipinski definition) is 2. The van der Waals surface area contributed by atoms with E-state index in [2.05, 4.69) is 5.32 Å². The highest BCUT2D eigenvalue weighted by molar-refractivity contribution is 5.96. The van der Waals surface area contributed by atoms with E-state index in [0.717, 1.165) is 24.8 Å². The Hall–Kier alpha value is -2.10. The van der Waals surface area contributed by atoms with Crippen molar-refractivity contribution in [3.8, 4) is 0 Å². The van der Waals surface area contributed by atoms with Gasteiger partial charge in [0.25, 0.3) is 0 Å². The van der Waals surface area contributed by atoms with Crippen LogP contribution >= 0.6 is 0 Å². The predicted octanol–water partition coefficient (Wildman–Crippen LogP) is 2.85. The molecule has 0 bridgehead atoms. The number of carboxylic acids is 1. The Morgan fingerprint density at radius 3 is 2.62 bits per heavy atom. The molecule has 1 aromatic rings. The molecule has 112 valence electrons. The lowest BCUT2D eigenvalue weighted by Crippen LogP contribution is -2.59. The highest BCUT2D eigenvalue weighted by Crippen LogP contribution is 2.33. The zero-order chi connectivity index (χ0) is 15.3. The number of carboxylic acid groups (broad SMARTS) is 1. The Labute approximate surface area is 124 Å². The Morgan fingerprint density at radius 2 is 2.00 bits per heavy atom. The minimum Gasteiger partial charge on any atom is -0.479 e. The molecule has 0 aromatic heterocycles. The SMILES string of the molecule is CC1CCCCC1(NC(=O)/C=C/c1ccccc1)C(=O)O. The summed E-state index contributed by atoms with van der Waals surface area (Å²) in [5, 5.41) is 12.3. The van der Waals surface area contributed by atoms with Gasteiger partial charge in [-0.3, -0.25) is 4.79 Å². The molecule has 0 spiro atoms. The summed E-state index contributed by atoms with van der Waals surface area (Å²) >= 11 is 0. The lowest BCUT2D eigenvalue weighted by atomic mass is 9.73. The van der Waals surface area contributed by atoms with Gasteiger partial charge < -0.3 is 10.4 Å². The first kappa shape index (κ1) is 15.3. The van der Waals surface area contributed by atoms with Gasteiger partial charge >= 0.3 is 5.97 Å². The van der Waals surface area contributed by atoms with Crippen molar-refractivity contribution in [3.05, 3.63) is 42.0 Å². The number of hydrogen-bond donors (Lipinski definition) is 2. The van der Waals surface area contributed by atoms with Crippen LogP contribution in [0, 0.1) is 5.92 Å². The molecule has 1 aromatic carbocycles. The molecule has 0 aliphatic heterocycles. The zero-order valence-electron chi connectivity index (χ0n) is 12.2. The molecular weight excluding hydrogens is 266 g/mol. The number of benzene rings is 1. The third-order valence-electron chi connectivity index (χ3n) is 4.25. The van der Waals surface area contributed by atoms with Gasteiger partial charge in [-0.1, -0.05) is 50.1 Å². The van der Waals surface area contributed by atoms with Gasteiger partial charge in [-0.05, 0) is 30.4 Å². The second-order valence-electron chi connectivity index (χ2n) is 5.66. The fourth-order valence-corrected chi connectivity index (χ4v) is 2.90. The van der Waals surface area contributed by atoms with Crippen LogP contribution in [-0.2, 0) is 9.59 Å². The van der Waals surface area contributed by atoms with Crippen molar-refractivity contribution in [3.63, 3.8) is 0 Å². The van der Waals surface area contributed by atoms with Crippen molar-refractivity contribution in [2.75, 3.05) is 0 Å². The molecule has 0 saturated heterocycles. The van der Waals surface area contributed by atoms with Crippen molar-refractivity contribution in [2.45, 2.75) is 38.1 Å². The molecule has 21 heavy (non-hydrogen) atoms. The van der Waals surface area contributed by atoms with Gasteiger partial charge in [-0.2, -0.15) is 0 Å². The fourth-order valence-electron chi connectivity index (χ4n) is 2.90. The first-order valence-corrected chi connectivity index (χ1v) is 7.33. The second-order valence-corrected chi connectivity index (χ2v) is 5.66. The molecule has 1 aliphatic carbocycles. The summed E-state index contributed by atoms with van der Waals surface area (Å²) in [4.78, 5) is 23.7. The summed E-state index contributed by atoms with van der Waals surface area (Å²) in [7, 11) is 0. The molecule has 4 nitrogen and oxygen atoms in total. The van der Waals surface area contributed by atoms with E-state index in [1.807, 2.05) is 37.3 Å². The minimum absolute atomic E-state index is 0.0576. The summed E-state index contributed by atoms with van der Waals surface area (Å²) in [6.07, 6.45) is 6.27. The smallest absolute Gasteiger partial charge is 0.329 e. The predicted molar refractivity (Wildman–Crippen MR) is 81.6 cm³/mol. The maximum atomic E-state index is 12.1. The fraction of sp³-hybridized carbons (Fsp3) is 0.412. The van der Waals surface area contributed by atoms with Crippen molar-refractivity contribution in [1.82, 2.24) is 5.32 Å². The standard InChI is InChI=1S/C17H21NO3/c1-13-7-5-6-12-17(13,16(20)21)18-15(19)11-10-14-8-3-2-4-9-14/h2-4,8-11,13H,5-7,12H2,1H3,(H,18,19)(H,20,21)/b11-10+. The first-order chi connectivity index (χ1) is 10.0. The van der Waals surface area contributed by atoms with E-state index in [9.17, 15) is 14.7 Å². The molecule has 2 unspecified atom stereocenters. The summed E-state index contributed by atoms with van der Waals surface area (Å²) in [6, 6.07) is 9.46. The van der Waals surface area contributed by atoms with E-state index in [4.69, 9.17) is 0 Å².